The van der Waals surface area contributed by atoms with Crippen LogP contribution in [0.3, 0.4) is 0 Å². The van der Waals surface area contributed by atoms with Crippen LogP contribution in [0.5, 0.6) is 0 Å². The molecule has 0 fully saturated rings. The lowest BCUT2D eigenvalue weighted by molar-refractivity contribution is 0.658. The highest BCUT2D eigenvalue weighted by molar-refractivity contribution is 9.10. The maximum absolute atomic E-state index is 4.27. The topological polar surface area (TPSA) is 42.7 Å². The van der Waals surface area contributed by atoms with Gasteiger partial charge in [-0.25, -0.2) is 4.98 Å². The molecule has 90 valence electrons. The second kappa shape index (κ2) is 5.31. The molecule has 0 saturated heterocycles. The van der Waals surface area contributed by atoms with E-state index in [2.05, 4.69) is 51.4 Å². The minimum Gasteiger partial charge on any atom is -0.376 e. The zero-order valence-corrected chi connectivity index (χ0v) is 11.5. The van der Waals surface area contributed by atoms with Crippen LogP contribution in [0.4, 0.5) is 5.69 Å². The molecule has 5 heteroatoms. The van der Waals surface area contributed by atoms with Crippen molar-refractivity contribution in [1.29, 1.82) is 0 Å². The summed E-state index contributed by atoms with van der Waals surface area (Å²) in [5.41, 5.74) is 2.16. The van der Waals surface area contributed by atoms with Gasteiger partial charge in [-0.05, 0) is 41.9 Å². The summed E-state index contributed by atoms with van der Waals surface area (Å²) in [4.78, 5) is 4.18. The second-order valence-corrected chi connectivity index (χ2v) is 4.59. The normalized spacial score (nSPS) is 12.4. The van der Waals surface area contributed by atoms with Crippen molar-refractivity contribution in [2.24, 2.45) is 0 Å². The standard InChI is InChI=1S/C12H15BrN4/c1-3-17-8-10(7-15-17)9(2)16-11-5-4-6-14-12(11)13/h4-9,16H,3H2,1-2H3. The van der Waals surface area contributed by atoms with Gasteiger partial charge in [-0.2, -0.15) is 5.10 Å². The largest absolute Gasteiger partial charge is 0.376 e. The molecule has 0 bridgehead atoms. The summed E-state index contributed by atoms with van der Waals surface area (Å²) in [6, 6.07) is 4.11. The first-order valence-electron chi connectivity index (χ1n) is 5.60. The van der Waals surface area contributed by atoms with Crippen molar-refractivity contribution in [3.8, 4) is 0 Å². The summed E-state index contributed by atoms with van der Waals surface area (Å²) >= 11 is 3.42. The lowest BCUT2D eigenvalue weighted by Crippen LogP contribution is -2.06. The number of halogens is 1. The number of hydrogen-bond donors (Lipinski definition) is 1. The molecule has 2 aromatic rings. The fraction of sp³-hybridized carbons (Fsp3) is 0.333. The summed E-state index contributed by atoms with van der Waals surface area (Å²) in [6.45, 7) is 5.08. The van der Waals surface area contributed by atoms with Crippen molar-refractivity contribution < 1.29 is 0 Å². The predicted octanol–water partition coefficient (Wildman–Crippen LogP) is 3.23. The van der Waals surface area contributed by atoms with Crippen LogP contribution in [-0.4, -0.2) is 14.8 Å². The van der Waals surface area contributed by atoms with Crippen LogP contribution >= 0.6 is 15.9 Å². The van der Waals surface area contributed by atoms with Crippen LogP contribution < -0.4 is 5.32 Å². The zero-order valence-electron chi connectivity index (χ0n) is 9.89. The van der Waals surface area contributed by atoms with Gasteiger partial charge in [0.1, 0.15) is 4.60 Å². The van der Waals surface area contributed by atoms with Gasteiger partial charge in [0.05, 0.1) is 17.9 Å². The monoisotopic (exact) mass is 294 g/mol. The van der Waals surface area contributed by atoms with Crippen LogP contribution in [0.2, 0.25) is 0 Å². The minimum atomic E-state index is 0.204. The molecule has 0 aromatic carbocycles. The SMILES string of the molecule is CCn1cc(C(C)Nc2cccnc2Br)cn1. The molecular weight excluding hydrogens is 280 g/mol. The van der Waals surface area contributed by atoms with Gasteiger partial charge in [0.15, 0.2) is 0 Å². The van der Waals surface area contributed by atoms with Gasteiger partial charge in [-0.3, -0.25) is 4.68 Å². The van der Waals surface area contributed by atoms with Crippen LogP contribution in [0.1, 0.15) is 25.5 Å². The number of pyridine rings is 1. The van der Waals surface area contributed by atoms with E-state index in [0.717, 1.165) is 16.8 Å². The van der Waals surface area contributed by atoms with Gasteiger partial charge in [-0.1, -0.05) is 0 Å². The van der Waals surface area contributed by atoms with E-state index in [1.807, 2.05) is 23.0 Å². The van der Waals surface area contributed by atoms with Gasteiger partial charge in [0.2, 0.25) is 0 Å². The Kier molecular flexibility index (Phi) is 3.78. The van der Waals surface area contributed by atoms with Crippen LogP contribution in [0, 0.1) is 0 Å². The van der Waals surface area contributed by atoms with E-state index in [1.54, 1.807) is 6.20 Å². The number of aryl methyl sites for hydroxylation is 1. The molecule has 1 N–H and O–H groups in total. The highest BCUT2D eigenvalue weighted by Gasteiger charge is 2.09. The van der Waals surface area contributed by atoms with Crippen molar-refractivity contribution in [3.05, 3.63) is 40.9 Å². The predicted molar refractivity (Wildman–Crippen MR) is 71.9 cm³/mol. The summed E-state index contributed by atoms with van der Waals surface area (Å²) < 4.78 is 2.75. The third-order valence-corrected chi connectivity index (χ3v) is 3.24. The molecule has 0 amide bonds. The highest BCUT2D eigenvalue weighted by atomic mass is 79.9. The van der Waals surface area contributed by atoms with Crippen molar-refractivity contribution >= 4 is 21.6 Å². The maximum atomic E-state index is 4.27. The van der Waals surface area contributed by atoms with Crippen molar-refractivity contribution in [3.63, 3.8) is 0 Å². The highest BCUT2D eigenvalue weighted by Crippen LogP contribution is 2.24. The van der Waals surface area contributed by atoms with Crippen LogP contribution in [0.25, 0.3) is 0 Å². The molecule has 2 rings (SSSR count). The average molecular weight is 295 g/mol. The molecule has 0 radical (unpaired) electrons. The van der Waals surface area contributed by atoms with Gasteiger partial charge in [0, 0.05) is 24.5 Å². The number of nitrogens with zero attached hydrogens (tertiary/aromatic N) is 3. The Bertz CT molecular complexity index is 495. The Hall–Kier alpha value is -1.36. The Morgan fingerprint density at radius 1 is 1.53 bits per heavy atom. The lowest BCUT2D eigenvalue weighted by atomic mass is 10.2. The Morgan fingerprint density at radius 2 is 2.35 bits per heavy atom. The van der Waals surface area contributed by atoms with Gasteiger partial charge < -0.3 is 5.32 Å². The second-order valence-electron chi connectivity index (χ2n) is 3.84. The third-order valence-electron chi connectivity index (χ3n) is 2.61. The van der Waals surface area contributed by atoms with Gasteiger partial charge in [0.25, 0.3) is 0 Å². The first-order chi connectivity index (χ1) is 8.20. The van der Waals surface area contributed by atoms with E-state index in [-0.39, 0.29) is 6.04 Å². The molecule has 0 saturated carbocycles. The summed E-state index contributed by atoms with van der Waals surface area (Å²) in [7, 11) is 0. The number of hydrogen-bond acceptors (Lipinski definition) is 3. The lowest BCUT2D eigenvalue weighted by Gasteiger charge is -2.14. The Morgan fingerprint density at radius 3 is 3.00 bits per heavy atom. The molecule has 0 aliphatic heterocycles. The third kappa shape index (κ3) is 2.85. The van der Waals surface area contributed by atoms with E-state index in [0.29, 0.717) is 0 Å². The maximum Gasteiger partial charge on any atom is 0.129 e. The molecule has 1 atom stereocenters. The molecule has 2 heterocycles. The smallest absolute Gasteiger partial charge is 0.129 e. The first-order valence-corrected chi connectivity index (χ1v) is 6.39. The van der Waals surface area contributed by atoms with E-state index >= 15 is 0 Å². The first kappa shape index (κ1) is 12.1. The molecule has 17 heavy (non-hydrogen) atoms. The average Bonchev–Trinajstić information content (AvgIpc) is 2.81. The van der Waals surface area contributed by atoms with E-state index < -0.39 is 0 Å². The fourth-order valence-electron chi connectivity index (χ4n) is 1.59. The number of nitrogens with one attached hydrogen (secondary N) is 1. The molecule has 1 unspecified atom stereocenters. The molecule has 0 aliphatic rings. The van der Waals surface area contributed by atoms with Gasteiger partial charge >= 0.3 is 0 Å². The molecule has 0 aliphatic carbocycles. The number of anilines is 1. The number of aromatic nitrogens is 3. The molecular formula is C12H15BrN4. The van der Waals surface area contributed by atoms with E-state index in [9.17, 15) is 0 Å². The van der Waals surface area contributed by atoms with Crippen LogP contribution in [-0.2, 0) is 6.54 Å². The summed E-state index contributed by atoms with van der Waals surface area (Å²) in [5, 5.41) is 7.67. The summed E-state index contributed by atoms with van der Waals surface area (Å²) in [5.74, 6) is 0. The van der Waals surface area contributed by atoms with Crippen molar-refractivity contribution in [2.45, 2.75) is 26.4 Å². The fourth-order valence-corrected chi connectivity index (χ4v) is 1.95. The quantitative estimate of drug-likeness (QED) is 0.881. The molecule has 0 spiro atoms. The van der Waals surface area contributed by atoms with Crippen LogP contribution in [0.15, 0.2) is 35.3 Å². The van der Waals surface area contributed by atoms with Crippen molar-refractivity contribution in [1.82, 2.24) is 14.8 Å². The Labute approximate surface area is 109 Å². The molecule has 2 aromatic heterocycles. The number of rotatable bonds is 4. The van der Waals surface area contributed by atoms with Gasteiger partial charge in [-0.15, -0.1) is 0 Å². The Balaban J connectivity index is 2.11. The van der Waals surface area contributed by atoms with E-state index in [4.69, 9.17) is 0 Å². The van der Waals surface area contributed by atoms with Crippen molar-refractivity contribution in [2.75, 3.05) is 5.32 Å². The minimum absolute atomic E-state index is 0.204. The molecule has 4 nitrogen and oxygen atoms in total. The van der Waals surface area contributed by atoms with E-state index in [1.165, 1.54) is 5.56 Å². The summed E-state index contributed by atoms with van der Waals surface area (Å²) in [6.07, 6.45) is 5.71. The zero-order chi connectivity index (χ0) is 12.3.